The molecule has 0 spiro atoms. The molecule has 0 aromatic heterocycles. The average molecular weight is 200 g/mol. The molecule has 1 amide bonds. The minimum Gasteiger partial charge on any atom is -0.353 e. The van der Waals surface area contributed by atoms with Crippen LogP contribution in [0.4, 0.5) is 0 Å². The minimum absolute atomic E-state index is 0.134. The second-order valence-corrected chi connectivity index (χ2v) is 3.82. The highest BCUT2D eigenvalue weighted by molar-refractivity contribution is 5.76. The van der Waals surface area contributed by atoms with E-state index in [4.69, 9.17) is 5.73 Å². The molecule has 3 heteroatoms. The third-order valence-corrected chi connectivity index (χ3v) is 2.75. The summed E-state index contributed by atoms with van der Waals surface area (Å²) in [6.07, 6.45) is 3.58. The van der Waals surface area contributed by atoms with E-state index in [-0.39, 0.29) is 11.9 Å². The van der Waals surface area contributed by atoms with Gasteiger partial charge in [-0.25, -0.2) is 0 Å². The van der Waals surface area contributed by atoms with Crippen LogP contribution < -0.4 is 11.1 Å². The number of rotatable bonds is 7. The van der Waals surface area contributed by atoms with Crippen molar-refractivity contribution in [3.05, 3.63) is 0 Å². The van der Waals surface area contributed by atoms with Crippen LogP contribution in [0.1, 0.15) is 46.5 Å². The Kier molecular flexibility index (Phi) is 7.48. The van der Waals surface area contributed by atoms with Crippen molar-refractivity contribution in [1.82, 2.24) is 5.32 Å². The zero-order valence-corrected chi connectivity index (χ0v) is 9.68. The molecule has 84 valence electrons. The summed E-state index contributed by atoms with van der Waals surface area (Å²) in [5, 5.41) is 3.02. The van der Waals surface area contributed by atoms with E-state index in [9.17, 15) is 4.79 Å². The van der Waals surface area contributed by atoms with E-state index in [1.54, 1.807) is 0 Å². The third-order valence-electron chi connectivity index (χ3n) is 2.75. The lowest BCUT2D eigenvalue weighted by Gasteiger charge is -2.22. The van der Waals surface area contributed by atoms with E-state index in [1.165, 1.54) is 0 Å². The van der Waals surface area contributed by atoms with Crippen LogP contribution in [0.2, 0.25) is 0 Å². The van der Waals surface area contributed by atoms with Crippen LogP contribution in [0.25, 0.3) is 0 Å². The highest BCUT2D eigenvalue weighted by atomic mass is 16.1. The largest absolute Gasteiger partial charge is 0.353 e. The van der Waals surface area contributed by atoms with Gasteiger partial charge < -0.3 is 11.1 Å². The maximum Gasteiger partial charge on any atom is 0.220 e. The van der Waals surface area contributed by atoms with Gasteiger partial charge in [0.2, 0.25) is 5.91 Å². The van der Waals surface area contributed by atoms with Crippen molar-refractivity contribution in [2.75, 3.05) is 6.54 Å². The third kappa shape index (κ3) is 5.22. The van der Waals surface area contributed by atoms with E-state index in [0.717, 1.165) is 19.3 Å². The fourth-order valence-corrected chi connectivity index (χ4v) is 1.70. The first-order valence-corrected chi connectivity index (χ1v) is 5.65. The van der Waals surface area contributed by atoms with E-state index < -0.39 is 0 Å². The molecule has 3 N–H and O–H groups in total. The van der Waals surface area contributed by atoms with Crippen LogP contribution in [0, 0.1) is 5.92 Å². The fraction of sp³-hybridized carbons (Fsp3) is 0.909. The monoisotopic (exact) mass is 200 g/mol. The van der Waals surface area contributed by atoms with E-state index >= 15 is 0 Å². The molecule has 14 heavy (non-hydrogen) atoms. The van der Waals surface area contributed by atoms with Gasteiger partial charge in [-0.2, -0.15) is 0 Å². The smallest absolute Gasteiger partial charge is 0.220 e. The maximum absolute atomic E-state index is 11.4. The molecule has 0 bridgehead atoms. The molecular weight excluding hydrogens is 176 g/mol. The first-order valence-electron chi connectivity index (χ1n) is 5.65. The van der Waals surface area contributed by atoms with Gasteiger partial charge in [-0.1, -0.05) is 26.7 Å². The molecule has 0 saturated carbocycles. The molecule has 0 aliphatic heterocycles. The number of carbonyl (C=O) groups excluding carboxylic acids is 1. The molecule has 0 aliphatic carbocycles. The summed E-state index contributed by atoms with van der Waals surface area (Å²) in [4.78, 5) is 11.4. The normalized spacial score (nSPS) is 12.9. The van der Waals surface area contributed by atoms with Gasteiger partial charge in [-0.05, 0) is 25.8 Å². The van der Waals surface area contributed by atoms with Crippen molar-refractivity contribution in [3.8, 4) is 0 Å². The summed E-state index contributed by atoms with van der Waals surface area (Å²) in [7, 11) is 0. The first-order chi connectivity index (χ1) is 6.65. The zero-order chi connectivity index (χ0) is 11.0. The SMILES string of the molecule is CCC(CC)C(C)NC(=O)CCCN. The number of amides is 1. The van der Waals surface area contributed by atoms with Crippen LogP contribution in [-0.4, -0.2) is 18.5 Å². The topological polar surface area (TPSA) is 55.1 Å². The Hall–Kier alpha value is -0.570. The molecular formula is C11H24N2O. The van der Waals surface area contributed by atoms with Crippen molar-refractivity contribution < 1.29 is 4.79 Å². The average Bonchev–Trinajstić information content (AvgIpc) is 2.16. The predicted octanol–water partition coefficient (Wildman–Crippen LogP) is 1.67. The van der Waals surface area contributed by atoms with Gasteiger partial charge in [0, 0.05) is 12.5 Å². The quantitative estimate of drug-likeness (QED) is 0.657. The second-order valence-electron chi connectivity index (χ2n) is 3.82. The number of hydrogen-bond donors (Lipinski definition) is 2. The molecule has 1 atom stereocenters. The molecule has 0 heterocycles. The summed E-state index contributed by atoms with van der Waals surface area (Å²) < 4.78 is 0. The van der Waals surface area contributed by atoms with Crippen LogP contribution >= 0.6 is 0 Å². The highest BCUT2D eigenvalue weighted by Gasteiger charge is 2.14. The molecule has 0 aromatic rings. The molecule has 0 radical (unpaired) electrons. The van der Waals surface area contributed by atoms with Crippen molar-refractivity contribution in [3.63, 3.8) is 0 Å². The van der Waals surface area contributed by atoms with Gasteiger partial charge in [0.25, 0.3) is 0 Å². The number of hydrogen-bond acceptors (Lipinski definition) is 2. The Bertz CT molecular complexity index is 155. The summed E-state index contributed by atoms with van der Waals surface area (Å²) in [5.74, 6) is 0.728. The zero-order valence-electron chi connectivity index (χ0n) is 9.68. The fourth-order valence-electron chi connectivity index (χ4n) is 1.70. The predicted molar refractivity (Wildman–Crippen MR) is 60.0 cm³/mol. The molecule has 0 fully saturated rings. The number of nitrogens with two attached hydrogens (primary N) is 1. The standard InChI is InChI=1S/C11H24N2O/c1-4-10(5-2)9(3)13-11(14)7-6-8-12/h9-10H,4-8,12H2,1-3H3,(H,13,14). The lowest BCUT2D eigenvalue weighted by atomic mass is 9.95. The summed E-state index contributed by atoms with van der Waals surface area (Å²) >= 11 is 0. The van der Waals surface area contributed by atoms with Crippen molar-refractivity contribution in [2.45, 2.75) is 52.5 Å². The highest BCUT2D eigenvalue weighted by Crippen LogP contribution is 2.12. The van der Waals surface area contributed by atoms with Gasteiger partial charge in [-0.15, -0.1) is 0 Å². The Morgan fingerprint density at radius 1 is 1.36 bits per heavy atom. The molecule has 1 unspecified atom stereocenters. The summed E-state index contributed by atoms with van der Waals surface area (Å²) in [5.41, 5.74) is 5.34. The van der Waals surface area contributed by atoms with Gasteiger partial charge in [-0.3, -0.25) is 4.79 Å². The van der Waals surface area contributed by atoms with E-state index in [1.807, 2.05) is 0 Å². The Balaban J connectivity index is 3.79. The maximum atomic E-state index is 11.4. The molecule has 3 nitrogen and oxygen atoms in total. The Morgan fingerprint density at radius 3 is 2.36 bits per heavy atom. The van der Waals surface area contributed by atoms with Crippen LogP contribution in [-0.2, 0) is 4.79 Å². The van der Waals surface area contributed by atoms with Crippen molar-refractivity contribution >= 4 is 5.91 Å². The Morgan fingerprint density at radius 2 is 1.93 bits per heavy atom. The molecule has 0 aromatic carbocycles. The van der Waals surface area contributed by atoms with Crippen molar-refractivity contribution in [2.24, 2.45) is 11.7 Å². The van der Waals surface area contributed by atoms with Gasteiger partial charge in [0.15, 0.2) is 0 Å². The first kappa shape index (κ1) is 13.4. The minimum atomic E-state index is 0.134. The molecule has 0 saturated heterocycles. The Labute approximate surface area is 87.4 Å². The molecule has 0 aliphatic rings. The number of carbonyl (C=O) groups is 1. The molecule has 0 rings (SSSR count). The van der Waals surface area contributed by atoms with Gasteiger partial charge in [0.1, 0.15) is 0 Å². The van der Waals surface area contributed by atoms with Gasteiger partial charge in [0.05, 0.1) is 0 Å². The van der Waals surface area contributed by atoms with Crippen LogP contribution in [0.5, 0.6) is 0 Å². The summed E-state index contributed by atoms with van der Waals surface area (Å²) in [6.45, 7) is 7.00. The van der Waals surface area contributed by atoms with Crippen molar-refractivity contribution in [1.29, 1.82) is 0 Å². The lowest BCUT2D eigenvalue weighted by Crippen LogP contribution is -2.37. The lowest BCUT2D eigenvalue weighted by molar-refractivity contribution is -0.122. The second kappa shape index (κ2) is 7.80. The van der Waals surface area contributed by atoms with Crippen LogP contribution in [0.15, 0.2) is 0 Å². The number of nitrogens with one attached hydrogen (secondary N) is 1. The van der Waals surface area contributed by atoms with Gasteiger partial charge >= 0.3 is 0 Å². The van der Waals surface area contributed by atoms with E-state index in [0.29, 0.717) is 18.9 Å². The van der Waals surface area contributed by atoms with Crippen LogP contribution in [0.3, 0.4) is 0 Å². The summed E-state index contributed by atoms with van der Waals surface area (Å²) in [6, 6.07) is 0.287. The van der Waals surface area contributed by atoms with E-state index in [2.05, 4.69) is 26.1 Å².